The standard InChI is InChI=1S/C32H25Cl2N3O2/c33-25-14-10-22(11-15-25)29-28-30(36-35-29)32(38)37(19-18-21-6-2-1-3-7-21)31(28)23-12-16-26(17-13-23)39-20-24-8-4-5-9-27(24)34/h1-17,31H,18-20H2,(H,35,36). The molecule has 0 bridgehead atoms. The van der Waals surface area contributed by atoms with Crippen molar-refractivity contribution in [2.45, 2.75) is 19.1 Å². The van der Waals surface area contributed by atoms with E-state index in [0.29, 0.717) is 28.9 Å². The lowest BCUT2D eigenvalue weighted by Gasteiger charge is -2.26. The summed E-state index contributed by atoms with van der Waals surface area (Å²) in [6, 6.07) is 33.0. The maximum absolute atomic E-state index is 13.7. The molecule has 0 aliphatic carbocycles. The van der Waals surface area contributed by atoms with Crippen LogP contribution in [-0.2, 0) is 13.0 Å². The minimum Gasteiger partial charge on any atom is -0.489 e. The Labute approximate surface area is 237 Å². The van der Waals surface area contributed by atoms with Crippen molar-refractivity contribution < 1.29 is 9.53 Å². The Kier molecular flexibility index (Phi) is 7.10. The molecular formula is C32H25Cl2N3O2. The fraction of sp³-hybridized carbons (Fsp3) is 0.125. The predicted octanol–water partition coefficient (Wildman–Crippen LogP) is 7.75. The first kappa shape index (κ1) is 25.2. The van der Waals surface area contributed by atoms with E-state index in [1.54, 1.807) is 0 Å². The van der Waals surface area contributed by atoms with E-state index < -0.39 is 0 Å². The molecule has 1 unspecified atom stereocenters. The first-order valence-corrected chi connectivity index (χ1v) is 13.5. The molecular weight excluding hydrogens is 529 g/mol. The van der Waals surface area contributed by atoms with Crippen molar-refractivity contribution in [2.75, 3.05) is 6.54 Å². The van der Waals surface area contributed by atoms with Gasteiger partial charge in [0.25, 0.3) is 5.91 Å². The van der Waals surface area contributed by atoms with Gasteiger partial charge in [-0.1, -0.05) is 96.0 Å². The molecule has 5 aromatic rings. The average Bonchev–Trinajstić information content (AvgIpc) is 3.51. The molecule has 1 N–H and O–H groups in total. The van der Waals surface area contributed by atoms with Gasteiger partial charge in [0.05, 0.1) is 11.7 Å². The van der Waals surface area contributed by atoms with Crippen LogP contribution in [0.1, 0.15) is 38.8 Å². The number of aromatic amines is 1. The van der Waals surface area contributed by atoms with Gasteiger partial charge >= 0.3 is 0 Å². The molecule has 0 radical (unpaired) electrons. The Morgan fingerprint density at radius 1 is 0.846 bits per heavy atom. The summed E-state index contributed by atoms with van der Waals surface area (Å²) in [7, 11) is 0. The molecule has 0 spiro atoms. The third-order valence-electron chi connectivity index (χ3n) is 7.01. The molecule has 6 rings (SSSR count). The average molecular weight is 554 g/mol. The Morgan fingerprint density at radius 3 is 2.31 bits per heavy atom. The number of nitrogens with zero attached hydrogens (tertiary/aromatic N) is 2. The van der Waals surface area contributed by atoms with Crippen LogP contribution in [0.25, 0.3) is 11.3 Å². The van der Waals surface area contributed by atoms with Crippen LogP contribution in [0.4, 0.5) is 0 Å². The van der Waals surface area contributed by atoms with E-state index >= 15 is 0 Å². The van der Waals surface area contributed by atoms with Gasteiger partial charge in [0.1, 0.15) is 18.1 Å². The molecule has 2 heterocycles. The maximum atomic E-state index is 13.7. The minimum absolute atomic E-state index is 0.0577. The van der Waals surface area contributed by atoms with Crippen LogP contribution in [0.3, 0.4) is 0 Å². The number of carbonyl (C=O) groups excluding carboxylic acids is 1. The molecule has 1 amide bonds. The smallest absolute Gasteiger partial charge is 0.273 e. The molecule has 4 aromatic carbocycles. The predicted molar refractivity (Wildman–Crippen MR) is 154 cm³/mol. The quantitative estimate of drug-likeness (QED) is 0.213. The van der Waals surface area contributed by atoms with E-state index in [1.165, 1.54) is 5.56 Å². The minimum atomic E-state index is -0.293. The fourth-order valence-electron chi connectivity index (χ4n) is 5.02. The van der Waals surface area contributed by atoms with Crippen molar-refractivity contribution in [1.29, 1.82) is 0 Å². The zero-order valence-corrected chi connectivity index (χ0v) is 22.5. The van der Waals surface area contributed by atoms with Crippen molar-refractivity contribution in [3.63, 3.8) is 0 Å². The molecule has 39 heavy (non-hydrogen) atoms. The zero-order chi connectivity index (χ0) is 26.8. The number of aromatic nitrogens is 2. The SMILES string of the molecule is O=C1c2[nH]nc(-c3ccc(Cl)cc3)c2C(c2ccc(OCc3ccccc3Cl)cc2)N1CCc1ccccc1. The number of halogens is 2. The summed E-state index contributed by atoms with van der Waals surface area (Å²) in [6.45, 7) is 0.942. The number of nitrogens with one attached hydrogen (secondary N) is 1. The summed E-state index contributed by atoms with van der Waals surface area (Å²) in [6.07, 6.45) is 0.746. The Bertz CT molecular complexity index is 1600. The van der Waals surface area contributed by atoms with Gasteiger partial charge in [-0.25, -0.2) is 0 Å². The van der Waals surface area contributed by atoms with Crippen molar-refractivity contribution >= 4 is 29.1 Å². The highest BCUT2D eigenvalue weighted by Crippen LogP contribution is 2.43. The highest BCUT2D eigenvalue weighted by Gasteiger charge is 2.41. The number of carbonyl (C=O) groups is 1. The molecule has 5 nitrogen and oxygen atoms in total. The first-order chi connectivity index (χ1) is 19.1. The number of hydrogen-bond donors (Lipinski definition) is 1. The lowest BCUT2D eigenvalue weighted by Crippen LogP contribution is -2.31. The van der Waals surface area contributed by atoms with Crippen LogP contribution in [0.15, 0.2) is 103 Å². The van der Waals surface area contributed by atoms with Crippen LogP contribution >= 0.6 is 23.2 Å². The van der Waals surface area contributed by atoms with Gasteiger partial charge in [0.2, 0.25) is 0 Å². The molecule has 1 aromatic heterocycles. The molecule has 1 atom stereocenters. The number of rotatable bonds is 8. The summed E-state index contributed by atoms with van der Waals surface area (Å²) in [4.78, 5) is 15.6. The van der Waals surface area contributed by atoms with Gasteiger partial charge in [0.15, 0.2) is 0 Å². The highest BCUT2D eigenvalue weighted by molar-refractivity contribution is 6.31. The van der Waals surface area contributed by atoms with E-state index in [4.69, 9.17) is 27.9 Å². The largest absolute Gasteiger partial charge is 0.489 e. The maximum Gasteiger partial charge on any atom is 0.273 e. The van der Waals surface area contributed by atoms with Crippen molar-refractivity contribution in [3.8, 4) is 17.0 Å². The van der Waals surface area contributed by atoms with E-state index in [9.17, 15) is 4.79 Å². The lowest BCUT2D eigenvalue weighted by atomic mass is 9.96. The highest BCUT2D eigenvalue weighted by atomic mass is 35.5. The van der Waals surface area contributed by atoms with E-state index in [1.807, 2.05) is 95.9 Å². The Morgan fingerprint density at radius 2 is 1.56 bits per heavy atom. The van der Waals surface area contributed by atoms with Gasteiger partial charge in [0, 0.05) is 33.3 Å². The summed E-state index contributed by atoms with van der Waals surface area (Å²) in [5.41, 5.74) is 6.14. The summed E-state index contributed by atoms with van der Waals surface area (Å²) in [5, 5.41) is 8.90. The van der Waals surface area contributed by atoms with Crippen LogP contribution in [0.2, 0.25) is 10.0 Å². The number of fused-ring (bicyclic) bond motifs is 1. The van der Waals surface area contributed by atoms with Crippen LogP contribution in [-0.4, -0.2) is 27.5 Å². The van der Waals surface area contributed by atoms with Crippen LogP contribution < -0.4 is 4.74 Å². The first-order valence-electron chi connectivity index (χ1n) is 12.7. The Balaban J connectivity index is 1.32. The second kappa shape index (κ2) is 11.0. The summed E-state index contributed by atoms with van der Waals surface area (Å²) < 4.78 is 6.01. The molecule has 194 valence electrons. The van der Waals surface area contributed by atoms with E-state index in [0.717, 1.165) is 40.1 Å². The monoisotopic (exact) mass is 553 g/mol. The zero-order valence-electron chi connectivity index (χ0n) is 21.0. The molecule has 0 saturated carbocycles. The van der Waals surface area contributed by atoms with Crippen LogP contribution in [0.5, 0.6) is 5.75 Å². The van der Waals surface area contributed by atoms with E-state index in [-0.39, 0.29) is 11.9 Å². The molecule has 0 fully saturated rings. The second-order valence-corrected chi connectivity index (χ2v) is 10.3. The topological polar surface area (TPSA) is 58.2 Å². The van der Waals surface area contributed by atoms with Crippen molar-refractivity contribution in [2.24, 2.45) is 0 Å². The lowest BCUT2D eigenvalue weighted by molar-refractivity contribution is 0.0746. The van der Waals surface area contributed by atoms with E-state index in [2.05, 4.69) is 22.3 Å². The molecule has 7 heteroatoms. The molecule has 0 saturated heterocycles. The number of benzene rings is 4. The third-order valence-corrected chi connectivity index (χ3v) is 7.63. The van der Waals surface area contributed by atoms with Crippen LogP contribution in [0, 0.1) is 0 Å². The van der Waals surface area contributed by atoms with Gasteiger partial charge in [-0.2, -0.15) is 5.10 Å². The number of ether oxygens (including phenoxy) is 1. The second-order valence-electron chi connectivity index (χ2n) is 9.45. The van der Waals surface area contributed by atoms with Gasteiger partial charge < -0.3 is 9.64 Å². The van der Waals surface area contributed by atoms with Crippen molar-refractivity contribution in [3.05, 3.63) is 141 Å². The van der Waals surface area contributed by atoms with Crippen molar-refractivity contribution in [1.82, 2.24) is 15.1 Å². The van der Waals surface area contributed by atoms with Gasteiger partial charge in [-0.3, -0.25) is 9.89 Å². The number of hydrogen-bond acceptors (Lipinski definition) is 3. The molecule has 1 aliphatic rings. The fourth-order valence-corrected chi connectivity index (χ4v) is 5.34. The summed E-state index contributed by atoms with van der Waals surface area (Å²) in [5.74, 6) is 0.668. The number of amides is 1. The Hall–Kier alpha value is -4.06. The number of H-pyrrole nitrogens is 1. The molecule has 1 aliphatic heterocycles. The third kappa shape index (κ3) is 5.16. The van der Waals surface area contributed by atoms with Gasteiger partial charge in [-0.15, -0.1) is 0 Å². The van der Waals surface area contributed by atoms with Gasteiger partial charge in [-0.05, 0) is 47.9 Å². The normalized spacial score (nSPS) is 14.5. The summed E-state index contributed by atoms with van der Waals surface area (Å²) >= 11 is 12.4.